The first kappa shape index (κ1) is 50.4. The standard InChI is InChI=1S/C49H59N7O9S2/c1-30-24-36(14-17-39(30)50-9)55-46(61)49(7,8)56(47(55)66)35-12-15-38(16-13-35)64-22-20-62-18-19-63-21-23-65-41-25-33(42-31(2)52-29-67-42)10-11-34(41)27-51-44(59)40-26-37(58)28-54(40)45(60)43(48(4,5)6)53-32(3)57/h10-17,24-25,29,37,40,43,58H,18-23,26-28H2,1-8H3,(H,51,59)(H,53,57)/t37-,40+,43-/m1/s1. The molecule has 0 saturated carbocycles. The number of nitrogens with zero attached hydrogens (tertiary/aromatic N) is 5. The summed E-state index contributed by atoms with van der Waals surface area (Å²) in [5.41, 5.74) is 5.39. The highest BCUT2D eigenvalue weighted by molar-refractivity contribution is 7.81. The number of thiocarbonyl (C=S) groups is 1. The maximum absolute atomic E-state index is 13.7. The second kappa shape index (κ2) is 21.8. The predicted molar refractivity (Wildman–Crippen MR) is 260 cm³/mol. The van der Waals surface area contributed by atoms with Gasteiger partial charge in [-0.25, -0.2) is 9.83 Å². The lowest BCUT2D eigenvalue weighted by molar-refractivity contribution is -0.143. The number of likely N-dealkylation sites (tertiary alicyclic amines) is 1. The number of benzene rings is 3. The van der Waals surface area contributed by atoms with Crippen LogP contribution in [0, 0.1) is 25.8 Å². The number of carbonyl (C=O) groups is 4. The number of ether oxygens (including phenoxy) is 4. The van der Waals surface area contributed by atoms with Crippen LogP contribution in [0.2, 0.25) is 0 Å². The quantitative estimate of drug-likeness (QED) is 0.0529. The molecule has 0 radical (unpaired) electrons. The molecule has 6 rings (SSSR count). The molecule has 356 valence electrons. The molecule has 3 N–H and O–H groups in total. The van der Waals surface area contributed by atoms with Gasteiger partial charge in [-0.3, -0.25) is 24.1 Å². The van der Waals surface area contributed by atoms with Gasteiger partial charge < -0.3 is 44.5 Å². The molecule has 0 spiro atoms. The number of aliphatic hydroxyl groups is 1. The van der Waals surface area contributed by atoms with Gasteiger partial charge in [0.15, 0.2) is 10.8 Å². The number of thiazole rings is 1. The Morgan fingerprint density at radius 1 is 0.970 bits per heavy atom. The second-order valence-corrected chi connectivity index (χ2v) is 19.2. The van der Waals surface area contributed by atoms with Gasteiger partial charge in [0, 0.05) is 43.4 Å². The summed E-state index contributed by atoms with van der Waals surface area (Å²) in [4.78, 5) is 66.5. The minimum absolute atomic E-state index is 0.0162. The summed E-state index contributed by atoms with van der Waals surface area (Å²) in [6.45, 7) is 23.5. The zero-order valence-corrected chi connectivity index (χ0v) is 40.8. The summed E-state index contributed by atoms with van der Waals surface area (Å²) in [7, 11) is 0. The highest BCUT2D eigenvalue weighted by Crippen LogP contribution is 2.38. The van der Waals surface area contributed by atoms with Gasteiger partial charge in [0.1, 0.15) is 42.3 Å². The third-order valence-electron chi connectivity index (χ3n) is 11.5. The number of hydrogen-bond donors (Lipinski definition) is 3. The Labute approximate surface area is 401 Å². The van der Waals surface area contributed by atoms with Gasteiger partial charge in [-0.2, -0.15) is 0 Å². The Morgan fingerprint density at radius 2 is 1.63 bits per heavy atom. The van der Waals surface area contributed by atoms with Crippen LogP contribution in [0.3, 0.4) is 0 Å². The highest BCUT2D eigenvalue weighted by atomic mass is 32.1. The molecule has 0 bridgehead atoms. The Hall–Kier alpha value is -5.97. The molecule has 2 aliphatic heterocycles. The number of aliphatic hydroxyl groups excluding tert-OH is 1. The monoisotopic (exact) mass is 953 g/mol. The molecule has 3 heterocycles. The van der Waals surface area contributed by atoms with Crippen LogP contribution in [-0.4, -0.2) is 114 Å². The van der Waals surface area contributed by atoms with E-state index in [4.69, 9.17) is 37.7 Å². The van der Waals surface area contributed by atoms with Crippen LogP contribution < -0.4 is 29.9 Å². The minimum atomic E-state index is -0.938. The van der Waals surface area contributed by atoms with Crippen molar-refractivity contribution in [2.45, 2.75) is 92.1 Å². The largest absolute Gasteiger partial charge is 0.491 e. The number of carbonyl (C=O) groups excluding carboxylic acids is 4. The number of aryl methyl sites for hydroxylation is 2. The van der Waals surface area contributed by atoms with E-state index in [1.807, 2.05) is 95.8 Å². The first-order valence-corrected chi connectivity index (χ1v) is 23.3. The minimum Gasteiger partial charge on any atom is -0.491 e. The fourth-order valence-corrected chi connectivity index (χ4v) is 9.31. The van der Waals surface area contributed by atoms with Gasteiger partial charge in [0.2, 0.25) is 17.7 Å². The number of anilines is 2. The smallest absolute Gasteiger partial charge is 0.259 e. The molecular formula is C49H59N7O9S2. The van der Waals surface area contributed by atoms with E-state index < -0.39 is 41.0 Å². The summed E-state index contributed by atoms with van der Waals surface area (Å²) >= 11 is 7.33. The maximum atomic E-state index is 13.7. The lowest BCUT2D eigenvalue weighted by Gasteiger charge is -2.35. The molecule has 4 aromatic rings. The molecule has 3 atom stereocenters. The number of amides is 4. The third kappa shape index (κ3) is 12.0. The summed E-state index contributed by atoms with van der Waals surface area (Å²) in [6, 6.07) is 16.6. The maximum Gasteiger partial charge on any atom is 0.259 e. The van der Waals surface area contributed by atoms with Crippen molar-refractivity contribution in [3.63, 3.8) is 0 Å². The van der Waals surface area contributed by atoms with Crippen LogP contribution in [0.25, 0.3) is 15.3 Å². The molecule has 16 nitrogen and oxygen atoms in total. The molecule has 18 heteroatoms. The van der Waals surface area contributed by atoms with E-state index >= 15 is 0 Å². The molecule has 2 saturated heterocycles. The van der Waals surface area contributed by atoms with E-state index in [0.717, 1.165) is 27.4 Å². The third-order valence-corrected chi connectivity index (χ3v) is 12.9. The lowest BCUT2D eigenvalue weighted by atomic mass is 9.85. The normalized spacial score (nSPS) is 17.3. The molecule has 0 aliphatic carbocycles. The first-order chi connectivity index (χ1) is 31.8. The van der Waals surface area contributed by atoms with Gasteiger partial charge in [0.25, 0.3) is 5.91 Å². The Kier molecular flexibility index (Phi) is 16.4. The summed E-state index contributed by atoms with van der Waals surface area (Å²) in [6.07, 6.45) is -0.807. The molecule has 3 aromatic carbocycles. The molecule has 2 fully saturated rings. The zero-order valence-electron chi connectivity index (χ0n) is 39.2. The number of hydrogen-bond acceptors (Lipinski definition) is 12. The van der Waals surface area contributed by atoms with Crippen molar-refractivity contribution < 1.29 is 43.2 Å². The van der Waals surface area contributed by atoms with Crippen LogP contribution in [0.4, 0.5) is 17.1 Å². The molecule has 2 aliphatic rings. The van der Waals surface area contributed by atoms with Crippen LogP contribution in [0.1, 0.15) is 64.8 Å². The van der Waals surface area contributed by atoms with Crippen molar-refractivity contribution in [3.8, 4) is 21.9 Å². The average Bonchev–Trinajstić information content (AvgIpc) is 3.94. The van der Waals surface area contributed by atoms with Gasteiger partial charge in [-0.15, -0.1) is 11.3 Å². The summed E-state index contributed by atoms with van der Waals surface area (Å²) in [5, 5.41) is 16.6. The van der Waals surface area contributed by atoms with Crippen molar-refractivity contribution >= 4 is 69.4 Å². The Bertz CT molecular complexity index is 2500. The van der Waals surface area contributed by atoms with Crippen LogP contribution in [-0.2, 0) is 35.2 Å². The zero-order chi connectivity index (χ0) is 48.6. The van der Waals surface area contributed by atoms with Crippen molar-refractivity contribution in [1.82, 2.24) is 20.5 Å². The van der Waals surface area contributed by atoms with E-state index in [-0.39, 0.29) is 44.5 Å². The van der Waals surface area contributed by atoms with E-state index in [9.17, 15) is 24.3 Å². The molecule has 1 aromatic heterocycles. The van der Waals surface area contributed by atoms with E-state index in [2.05, 4.69) is 20.5 Å². The van der Waals surface area contributed by atoms with Crippen molar-refractivity contribution in [3.05, 3.63) is 94.4 Å². The summed E-state index contributed by atoms with van der Waals surface area (Å²) in [5.74, 6) is -0.183. The number of rotatable bonds is 19. The average molecular weight is 954 g/mol. The molecular weight excluding hydrogens is 895 g/mol. The summed E-state index contributed by atoms with van der Waals surface area (Å²) < 4.78 is 23.7. The van der Waals surface area contributed by atoms with E-state index in [0.29, 0.717) is 60.0 Å². The Balaban J connectivity index is 0.954. The van der Waals surface area contributed by atoms with Crippen molar-refractivity contribution in [2.24, 2.45) is 5.41 Å². The SMILES string of the molecule is [C-]#[N+]c1ccc(N2C(=O)C(C)(C)N(c3ccc(OCCOCCOCCOc4cc(-c5scnc5C)ccc4CNC(=O)[C@@H]4C[C@@H](O)CN4C(=O)[C@@H](NC(C)=O)C(C)(C)C)cc3)C2=S)cc1C. The van der Waals surface area contributed by atoms with Crippen molar-refractivity contribution in [1.29, 1.82) is 0 Å². The highest BCUT2D eigenvalue weighted by Gasteiger charge is 2.50. The van der Waals surface area contributed by atoms with E-state index in [1.165, 1.54) is 28.1 Å². The molecule has 67 heavy (non-hydrogen) atoms. The van der Waals surface area contributed by atoms with Gasteiger partial charge in [0.05, 0.1) is 55.2 Å². The molecule has 0 unspecified atom stereocenters. The predicted octanol–water partition coefficient (Wildman–Crippen LogP) is 6.51. The van der Waals surface area contributed by atoms with Crippen LogP contribution in [0.5, 0.6) is 11.5 Å². The second-order valence-electron chi connectivity index (χ2n) is 18.0. The Morgan fingerprint density at radius 3 is 2.24 bits per heavy atom. The van der Waals surface area contributed by atoms with Crippen LogP contribution >= 0.6 is 23.6 Å². The molecule has 4 amide bonds. The van der Waals surface area contributed by atoms with Crippen molar-refractivity contribution in [2.75, 3.05) is 56.0 Å². The number of aromatic nitrogens is 1. The topological polar surface area (TPSA) is 176 Å². The fourth-order valence-electron chi connectivity index (χ4n) is 7.98. The van der Waals surface area contributed by atoms with Gasteiger partial charge in [-0.05, 0) is 98.9 Å². The fraction of sp³-hybridized carbons (Fsp3) is 0.449. The lowest BCUT2D eigenvalue weighted by Crippen LogP contribution is -2.57. The van der Waals surface area contributed by atoms with Crippen LogP contribution in [0.15, 0.2) is 66.2 Å². The number of β-amino-alcohol motifs (C(OH)–C–C–N with tert-alkyl or cyclic N) is 1. The number of nitrogens with one attached hydrogen (secondary N) is 2. The van der Waals surface area contributed by atoms with Gasteiger partial charge >= 0.3 is 0 Å². The first-order valence-electron chi connectivity index (χ1n) is 22.1. The van der Waals surface area contributed by atoms with E-state index in [1.54, 1.807) is 23.7 Å². The van der Waals surface area contributed by atoms with Gasteiger partial charge in [-0.1, -0.05) is 39.0 Å².